The van der Waals surface area contributed by atoms with Crippen LogP contribution in [-0.2, 0) is 0 Å². The molecule has 0 aliphatic heterocycles. The van der Waals surface area contributed by atoms with Gasteiger partial charge < -0.3 is 10.6 Å². The highest BCUT2D eigenvalue weighted by atomic mass is 14.9. The molecule has 1 atom stereocenters. The van der Waals surface area contributed by atoms with Crippen LogP contribution in [0.2, 0.25) is 0 Å². The normalized spacial score (nSPS) is 15.0. The van der Waals surface area contributed by atoms with E-state index in [2.05, 4.69) is 31.4 Å². The highest BCUT2D eigenvalue weighted by Gasteiger charge is 2.14. The second-order valence-corrected chi connectivity index (χ2v) is 3.86. The van der Waals surface area contributed by atoms with Gasteiger partial charge in [-0.1, -0.05) is 0 Å². The molecule has 2 heteroatoms. The molecular weight excluding hydrogens is 136 g/mol. The van der Waals surface area contributed by atoms with Crippen molar-refractivity contribution in [3.05, 3.63) is 0 Å². The van der Waals surface area contributed by atoms with Crippen molar-refractivity contribution in [2.24, 2.45) is 0 Å². The van der Waals surface area contributed by atoms with Gasteiger partial charge in [0.2, 0.25) is 0 Å². The van der Waals surface area contributed by atoms with Crippen molar-refractivity contribution in [2.75, 3.05) is 14.1 Å². The summed E-state index contributed by atoms with van der Waals surface area (Å²) in [6.07, 6.45) is 2.44. The summed E-state index contributed by atoms with van der Waals surface area (Å²) in [5.41, 5.74) is 0.283. The summed E-state index contributed by atoms with van der Waals surface area (Å²) in [5.74, 6) is 0. The molecule has 0 rings (SSSR count). The van der Waals surface area contributed by atoms with Crippen LogP contribution >= 0.6 is 0 Å². The Hall–Kier alpha value is -0.0800. The summed E-state index contributed by atoms with van der Waals surface area (Å²) in [6, 6.07) is 0.627. The van der Waals surface area contributed by atoms with Gasteiger partial charge in [-0.15, -0.1) is 0 Å². The van der Waals surface area contributed by atoms with Crippen LogP contribution in [-0.4, -0.2) is 25.7 Å². The molecule has 11 heavy (non-hydrogen) atoms. The lowest BCUT2D eigenvalue weighted by Crippen LogP contribution is -2.37. The van der Waals surface area contributed by atoms with Crippen LogP contribution in [0.4, 0.5) is 0 Å². The summed E-state index contributed by atoms with van der Waals surface area (Å²) < 4.78 is 0. The van der Waals surface area contributed by atoms with Crippen molar-refractivity contribution in [1.82, 2.24) is 10.6 Å². The third kappa shape index (κ3) is 5.22. The topological polar surface area (TPSA) is 24.1 Å². The first kappa shape index (κ1) is 10.9. The van der Waals surface area contributed by atoms with E-state index in [-0.39, 0.29) is 5.54 Å². The number of hydrogen-bond donors (Lipinski definition) is 2. The summed E-state index contributed by atoms with van der Waals surface area (Å²) >= 11 is 0. The predicted molar refractivity (Wildman–Crippen MR) is 50.9 cm³/mol. The van der Waals surface area contributed by atoms with Gasteiger partial charge in [0.05, 0.1) is 0 Å². The fraction of sp³-hybridized carbons (Fsp3) is 1.00. The van der Waals surface area contributed by atoms with Crippen molar-refractivity contribution < 1.29 is 0 Å². The molecule has 1 unspecified atom stereocenters. The van der Waals surface area contributed by atoms with E-state index in [1.165, 1.54) is 12.8 Å². The Labute approximate surface area is 70.8 Å². The van der Waals surface area contributed by atoms with Gasteiger partial charge in [-0.05, 0) is 47.7 Å². The highest BCUT2D eigenvalue weighted by molar-refractivity contribution is 4.76. The molecule has 0 saturated carbocycles. The number of hydrogen-bond acceptors (Lipinski definition) is 2. The SMILES string of the molecule is CNC(C)CCC(C)(C)NC. The smallest absolute Gasteiger partial charge is 0.0122 e. The lowest BCUT2D eigenvalue weighted by atomic mass is 9.96. The average molecular weight is 158 g/mol. The molecule has 0 aromatic rings. The molecule has 0 radical (unpaired) electrons. The minimum Gasteiger partial charge on any atom is -0.317 e. The molecule has 0 saturated heterocycles. The quantitative estimate of drug-likeness (QED) is 0.631. The Morgan fingerprint density at radius 3 is 2.18 bits per heavy atom. The van der Waals surface area contributed by atoms with Crippen LogP contribution in [0.3, 0.4) is 0 Å². The fourth-order valence-corrected chi connectivity index (χ4v) is 0.847. The Morgan fingerprint density at radius 2 is 1.82 bits per heavy atom. The standard InChI is InChI=1S/C9H22N2/c1-8(10-4)6-7-9(2,3)11-5/h8,10-11H,6-7H2,1-5H3. The van der Waals surface area contributed by atoms with E-state index < -0.39 is 0 Å². The minimum absolute atomic E-state index is 0.283. The van der Waals surface area contributed by atoms with Gasteiger partial charge in [-0.25, -0.2) is 0 Å². The van der Waals surface area contributed by atoms with Crippen molar-refractivity contribution >= 4 is 0 Å². The van der Waals surface area contributed by atoms with E-state index in [4.69, 9.17) is 0 Å². The molecule has 0 heterocycles. The average Bonchev–Trinajstić information content (AvgIpc) is 2.00. The van der Waals surface area contributed by atoms with Crippen LogP contribution in [0, 0.1) is 0 Å². The molecule has 0 fully saturated rings. The third-order valence-corrected chi connectivity index (χ3v) is 2.37. The van der Waals surface area contributed by atoms with E-state index >= 15 is 0 Å². The number of rotatable bonds is 5. The van der Waals surface area contributed by atoms with E-state index in [1.807, 2.05) is 14.1 Å². The molecule has 2 N–H and O–H groups in total. The van der Waals surface area contributed by atoms with Crippen LogP contribution in [0.25, 0.3) is 0 Å². The largest absolute Gasteiger partial charge is 0.317 e. The Kier molecular flexibility index (Phi) is 4.69. The first-order valence-electron chi connectivity index (χ1n) is 4.38. The Bertz CT molecular complexity index is 99.7. The molecule has 0 aliphatic carbocycles. The van der Waals surface area contributed by atoms with Gasteiger partial charge >= 0.3 is 0 Å². The first-order valence-corrected chi connectivity index (χ1v) is 4.38. The van der Waals surface area contributed by atoms with E-state index in [0.29, 0.717) is 6.04 Å². The van der Waals surface area contributed by atoms with Gasteiger partial charge in [0, 0.05) is 11.6 Å². The van der Waals surface area contributed by atoms with Crippen LogP contribution < -0.4 is 10.6 Å². The highest BCUT2D eigenvalue weighted by Crippen LogP contribution is 2.11. The summed E-state index contributed by atoms with van der Waals surface area (Å²) in [6.45, 7) is 6.68. The van der Waals surface area contributed by atoms with Crippen molar-refractivity contribution in [3.8, 4) is 0 Å². The second-order valence-electron chi connectivity index (χ2n) is 3.86. The molecule has 2 nitrogen and oxygen atoms in total. The van der Waals surface area contributed by atoms with E-state index in [9.17, 15) is 0 Å². The molecular formula is C9H22N2. The third-order valence-electron chi connectivity index (χ3n) is 2.37. The molecule has 0 aromatic carbocycles. The van der Waals surface area contributed by atoms with Crippen molar-refractivity contribution in [2.45, 2.75) is 45.2 Å². The van der Waals surface area contributed by atoms with Crippen LogP contribution in [0.5, 0.6) is 0 Å². The van der Waals surface area contributed by atoms with Gasteiger partial charge in [0.1, 0.15) is 0 Å². The zero-order chi connectivity index (χ0) is 8.91. The van der Waals surface area contributed by atoms with Gasteiger partial charge in [0.15, 0.2) is 0 Å². The zero-order valence-electron chi connectivity index (χ0n) is 8.49. The Balaban J connectivity index is 3.52. The molecule has 0 aromatic heterocycles. The molecule has 0 amide bonds. The molecule has 0 bridgehead atoms. The summed E-state index contributed by atoms with van der Waals surface area (Å²) in [4.78, 5) is 0. The summed E-state index contributed by atoms with van der Waals surface area (Å²) in [7, 11) is 4.03. The van der Waals surface area contributed by atoms with E-state index in [0.717, 1.165) is 0 Å². The monoisotopic (exact) mass is 158 g/mol. The maximum atomic E-state index is 3.29. The maximum absolute atomic E-state index is 3.29. The summed E-state index contributed by atoms with van der Waals surface area (Å²) in [5, 5.41) is 6.53. The lowest BCUT2D eigenvalue weighted by molar-refractivity contribution is 0.359. The second kappa shape index (κ2) is 4.73. The van der Waals surface area contributed by atoms with Gasteiger partial charge in [-0.2, -0.15) is 0 Å². The van der Waals surface area contributed by atoms with Gasteiger partial charge in [-0.3, -0.25) is 0 Å². The zero-order valence-corrected chi connectivity index (χ0v) is 8.49. The first-order chi connectivity index (χ1) is 5.02. The van der Waals surface area contributed by atoms with Crippen LogP contribution in [0.15, 0.2) is 0 Å². The molecule has 68 valence electrons. The molecule has 0 spiro atoms. The lowest BCUT2D eigenvalue weighted by Gasteiger charge is -2.25. The van der Waals surface area contributed by atoms with Crippen LogP contribution in [0.1, 0.15) is 33.6 Å². The minimum atomic E-state index is 0.283. The maximum Gasteiger partial charge on any atom is 0.0122 e. The molecule has 0 aliphatic rings. The van der Waals surface area contributed by atoms with E-state index in [1.54, 1.807) is 0 Å². The van der Waals surface area contributed by atoms with Crippen molar-refractivity contribution in [3.63, 3.8) is 0 Å². The van der Waals surface area contributed by atoms with Crippen molar-refractivity contribution in [1.29, 1.82) is 0 Å². The fourth-order valence-electron chi connectivity index (χ4n) is 0.847. The number of nitrogens with one attached hydrogen (secondary N) is 2. The van der Waals surface area contributed by atoms with Gasteiger partial charge in [0.25, 0.3) is 0 Å². The predicted octanol–water partition coefficient (Wildman–Crippen LogP) is 1.37. The Morgan fingerprint density at radius 1 is 1.27 bits per heavy atom.